The van der Waals surface area contributed by atoms with Crippen LogP contribution in [0.3, 0.4) is 0 Å². The van der Waals surface area contributed by atoms with E-state index >= 15 is 0 Å². The van der Waals surface area contributed by atoms with E-state index in [1.54, 1.807) is 68.4 Å². The Kier molecular flexibility index (Phi) is 14.8. The second-order valence-electron chi connectivity index (χ2n) is 16.0. The van der Waals surface area contributed by atoms with Crippen LogP contribution in [0.4, 0.5) is 16.2 Å². The second-order valence-corrected chi connectivity index (χ2v) is 18.6. The molecule has 2 amide bonds. The molecule has 4 aromatic heterocycles. The van der Waals surface area contributed by atoms with E-state index in [1.165, 1.54) is 21.9 Å². The van der Waals surface area contributed by atoms with Crippen LogP contribution in [0.5, 0.6) is 0 Å². The van der Waals surface area contributed by atoms with Gasteiger partial charge < -0.3 is 15.4 Å². The first-order chi connectivity index (χ1) is 29.6. The molecule has 0 bridgehead atoms. The molecule has 14 nitrogen and oxygen atoms in total. The number of carbonyl (C=O) groups is 3. The molecule has 0 saturated carbocycles. The quantitative estimate of drug-likeness (QED) is 0.0511. The molecular weight excluding hydrogens is 821 g/mol. The number of hydrogen-bond donors (Lipinski definition) is 2. The number of thioether (sulfide) groups is 2. The zero-order chi connectivity index (χ0) is 44.6. The molecule has 2 N–H and O–H groups in total. The number of ether oxygens (including phenoxy) is 1. The number of benzene rings is 2. The highest BCUT2D eigenvalue weighted by Crippen LogP contribution is 2.31. The minimum atomic E-state index is -1.18. The van der Waals surface area contributed by atoms with Crippen LogP contribution < -0.4 is 15.2 Å². The van der Waals surface area contributed by atoms with Crippen LogP contribution in [-0.2, 0) is 27.4 Å². The van der Waals surface area contributed by atoms with E-state index in [9.17, 15) is 14.4 Å². The van der Waals surface area contributed by atoms with E-state index in [0.717, 1.165) is 22.9 Å². The van der Waals surface area contributed by atoms with Crippen molar-refractivity contribution < 1.29 is 23.7 Å². The summed E-state index contributed by atoms with van der Waals surface area (Å²) in [5.74, 6) is 1.18. The number of aromatic nitrogens is 8. The topological polar surface area (TPSA) is 163 Å². The van der Waals surface area contributed by atoms with Crippen molar-refractivity contribution in [3.63, 3.8) is 0 Å². The van der Waals surface area contributed by atoms with Crippen molar-refractivity contribution in [1.29, 1.82) is 0 Å². The summed E-state index contributed by atoms with van der Waals surface area (Å²) in [5.41, 5.74) is 3.84. The molecule has 0 spiro atoms. The Bertz CT molecular complexity index is 2490. The highest BCUT2D eigenvalue weighted by molar-refractivity contribution is 8.00. The van der Waals surface area contributed by atoms with Crippen molar-refractivity contribution in [2.75, 3.05) is 10.6 Å². The van der Waals surface area contributed by atoms with Crippen molar-refractivity contribution in [2.24, 2.45) is 0 Å². The summed E-state index contributed by atoms with van der Waals surface area (Å²) < 4.78 is 11.3. The summed E-state index contributed by atoms with van der Waals surface area (Å²) in [6, 6.07) is 22.8. The Balaban J connectivity index is 1.26. The molecule has 0 saturated heterocycles. The van der Waals surface area contributed by atoms with Gasteiger partial charge in [0.2, 0.25) is 17.0 Å². The summed E-state index contributed by atoms with van der Waals surface area (Å²) >= 11 is 2.39. The molecule has 0 aliphatic heterocycles. The standard InChI is InChI=1S/C46H52N10O4S2/c1-10-25-54-42(36-14-12-24-48-27-36)55(53-44(54)62-32(7)41(58)50-38-21-17-34(18-22-38)30(4)5)28-46(8,9)60-45(59)56-39(35-13-11-23-47-26-35)51-52-43(56)61-31(6)40(57)49-37-19-15-33(16-20-37)29(2)3/h10-24,26-27,29-32H,1,25,28H2,2-9H3,(H-,49,50,57,58)/p+1. The highest BCUT2D eigenvalue weighted by atomic mass is 32.2. The Labute approximate surface area is 371 Å². The van der Waals surface area contributed by atoms with Gasteiger partial charge in [0.15, 0.2) is 5.82 Å². The maximum absolute atomic E-state index is 14.4. The van der Waals surface area contributed by atoms with Gasteiger partial charge in [-0.25, -0.2) is 13.9 Å². The molecule has 2 aromatic carbocycles. The van der Waals surface area contributed by atoms with Crippen molar-refractivity contribution in [1.82, 2.24) is 34.5 Å². The monoisotopic (exact) mass is 873 g/mol. The molecule has 0 aliphatic rings. The molecule has 0 radical (unpaired) electrons. The second kappa shape index (κ2) is 20.2. The fourth-order valence-corrected chi connectivity index (χ4v) is 8.16. The molecular formula is C46H53N10O4S2+. The normalized spacial score (nSPS) is 12.5. The zero-order valence-corrected chi connectivity index (χ0v) is 37.9. The van der Waals surface area contributed by atoms with E-state index in [2.05, 4.69) is 65.1 Å². The summed E-state index contributed by atoms with van der Waals surface area (Å²) in [4.78, 5) is 49.9. The van der Waals surface area contributed by atoms with Crippen LogP contribution >= 0.6 is 23.5 Å². The number of rotatable bonds is 17. The minimum Gasteiger partial charge on any atom is -0.439 e. The third-order valence-corrected chi connectivity index (χ3v) is 11.9. The fraction of sp³-hybridized carbons (Fsp3) is 0.326. The molecule has 16 heteroatoms. The van der Waals surface area contributed by atoms with E-state index in [0.29, 0.717) is 46.3 Å². The average molecular weight is 874 g/mol. The van der Waals surface area contributed by atoms with Gasteiger partial charge in [-0.15, -0.1) is 14.9 Å². The predicted molar refractivity (Wildman–Crippen MR) is 244 cm³/mol. The third-order valence-electron chi connectivity index (χ3n) is 9.79. The number of carbonyl (C=O) groups excluding carboxylic acids is 3. The molecule has 6 aromatic rings. The van der Waals surface area contributed by atoms with Gasteiger partial charge in [0, 0.05) is 41.7 Å². The van der Waals surface area contributed by atoms with Gasteiger partial charge in [-0.3, -0.25) is 19.6 Å². The Morgan fingerprint density at radius 3 is 1.81 bits per heavy atom. The van der Waals surface area contributed by atoms with Crippen LogP contribution in [0.15, 0.2) is 121 Å². The number of anilines is 2. The number of pyridine rings is 2. The van der Waals surface area contributed by atoms with Crippen LogP contribution in [0.25, 0.3) is 22.8 Å². The first-order valence-electron chi connectivity index (χ1n) is 20.4. The number of nitrogens with zero attached hydrogens (tertiary/aromatic N) is 8. The van der Waals surface area contributed by atoms with Gasteiger partial charge in [-0.1, -0.05) is 76.4 Å². The lowest BCUT2D eigenvalue weighted by Gasteiger charge is -2.24. The molecule has 4 heterocycles. The Morgan fingerprint density at radius 1 is 0.774 bits per heavy atom. The van der Waals surface area contributed by atoms with Gasteiger partial charge in [-0.05, 0) is 111 Å². The fourth-order valence-electron chi connectivity index (χ4n) is 6.41. The van der Waals surface area contributed by atoms with E-state index in [1.807, 2.05) is 72.2 Å². The van der Waals surface area contributed by atoms with E-state index < -0.39 is 22.2 Å². The molecule has 6 rings (SSSR count). The summed E-state index contributed by atoms with van der Waals surface area (Å²) in [5, 5.41) is 19.2. The lowest BCUT2D eigenvalue weighted by atomic mass is 10.0. The number of hydrogen-bond acceptors (Lipinski definition) is 11. The lowest BCUT2D eigenvalue weighted by Crippen LogP contribution is -2.39. The first kappa shape index (κ1) is 45.4. The largest absolute Gasteiger partial charge is 0.439 e. The summed E-state index contributed by atoms with van der Waals surface area (Å²) in [7, 11) is 0. The molecule has 62 heavy (non-hydrogen) atoms. The third kappa shape index (κ3) is 11.2. The van der Waals surface area contributed by atoms with Crippen molar-refractivity contribution >= 4 is 52.8 Å². The van der Waals surface area contributed by atoms with Gasteiger partial charge in [0.05, 0.1) is 27.7 Å². The Morgan fingerprint density at radius 2 is 1.31 bits per heavy atom. The van der Waals surface area contributed by atoms with Crippen molar-refractivity contribution in [3.05, 3.63) is 121 Å². The van der Waals surface area contributed by atoms with Gasteiger partial charge in [-0.2, -0.15) is 0 Å². The smallest absolute Gasteiger partial charge is 0.422 e. The molecule has 0 aliphatic carbocycles. The number of nitrogens with one attached hydrogen (secondary N) is 2. The van der Waals surface area contributed by atoms with Crippen molar-refractivity contribution in [3.8, 4) is 22.8 Å². The van der Waals surface area contributed by atoms with Crippen LogP contribution in [0, 0.1) is 0 Å². The van der Waals surface area contributed by atoms with Gasteiger partial charge >= 0.3 is 11.2 Å². The average Bonchev–Trinajstić information content (AvgIpc) is 3.81. The minimum absolute atomic E-state index is 0.102. The molecule has 2 atom stereocenters. The number of allylic oxidation sites excluding steroid dienone is 1. The predicted octanol–water partition coefficient (Wildman–Crippen LogP) is 9.02. The van der Waals surface area contributed by atoms with Crippen LogP contribution in [0.2, 0.25) is 0 Å². The SMILES string of the molecule is C=CC[n+]1c(SC(C)C(=O)Nc2ccc(C(C)C)cc2)nn(CC(C)(C)OC(=O)n2c(SC(C)C(=O)Nc3ccc(C(C)C)cc3)nnc2-c2cccnc2)c1-c1cccnc1. The van der Waals surface area contributed by atoms with Gasteiger partial charge in [0.25, 0.3) is 5.82 Å². The zero-order valence-electron chi connectivity index (χ0n) is 36.3. The van der Waals surface area contributed by atoms with Crippen LogP contribution in [0.1, 0.15) is 78.4 Å². The maximum atomic E-state index is 14.4. The maximum Gasteiger partial charge on any atom is 0.422 e. The first-order valence-corrected chi connectivity index (χ1v) is 22.2. The number of amides is 2. The summed E-state index contributed by atoms with van der Waals surface area (Å²) in [6.07, 6.45) is 7.62. The van der Waals surface area contributed by atoms with E-state index in [4.69, 9.17) is 9.84 Å². The van der Waals surface area contributed by atoms with Crippen molar-refractivity contribution in [2.45, 2.75) is 107 Å². The summed E-state index contributed by atoms with van der Waals surface area (Å²) in [6.45, 7) is 20.1. The molecule has 2 unspecified atom stereocenters. The lowest BCUT2D eigenvalue weighted by molar-refractivity contribution is -0.713. The van der Waals surface area contributed by atoms with E-state index in [-0.39, 0.29) is 29.3 Å². The van der Waals surface area contributed by atoms with Crippen LogP contribution in [-0.4, -0.2) is 68.5 Å². The highest BCUT2D eigenvalue weighted by Gasteiger charge is 2.37. The Hall–Kier alpha value is -6.13. The van der Waals surface area contributed by atoms with Gasteiger partial charge in [0.1, 0.15) is 12.1 Å². The molecule has 322 valence electrons. The molecule has 0 fully saturated rings.